The molecule has 0 spiro atoms. The van der Waals surface area contributed by atoms with Gasteiger partial charge >= 0.3 is 5.97 Å². The number of nitriles is 1. The minimum absolute atomic E-state index is 0.206. The Morgan fingerprint density at radius 3 is 2.79 bits per heavy atom. The Hall–Kier alpha value is -5.95. The summed E-state index contributed by atoms with van der Waals surface area (Å²) in [5.74, 6) is 1.04. The lowest BCUT2D eigenvalue weighted by Crippen LogP contribution is -2.11. The number of hydrogen-bond donors (Lipinski definition) is 1. The van der Waals surface area contributed by atoms with E-state index in [2.05, 4.69) is 27.1 Å². The Kier molecular flexibility index (Phi) is 8.11. The molecule has 0 atom stereocenters. The van der Waals surface area contributed by atoms with Gasteiger partial charge in [0.1, 0.15) is 18.2 Å². The number of aromatic nitrogens is 5. The molecular formula is C37H32N6O4. The molecule has 1 N–H and O–H groups in total. The zero-order chi connectivity index (χ0) is 32.3. The third kappa shape index (κ3) is 6.16. The van der Waals surface area contributed by atoms with Crippen molar-refractivity contribution in [2.45, 2.75) is 45.9 Å². The molecule has 0 saturated heterocycles. The van der Waals surface area contributed by atoms with Crippen molar-refractivity contribution in [2.75, 3.05) is 6.61 Å². The first-order valence-electron chi connectivity index (χ1n) is 15.6. The fourth-order valence-corrected chi connectivity index (χ4v) is 6.03. The Morgan fingerprint density at radius 2 is 1.94 bits per heavy atom. The van der Waals surface area contributed by atoms with Gasteiger partial charge in [0, 0.05) is 36.4 Å². The van der Waals surface area contributed by atoms with E-state index in [9.17, 15) is 15.2 Å². The molecule has 6 aromatic rings. The third-order valence-corrected chi connectivity index (χ3v) is 8.53. The molecule has 1 aliphatic heterocycles. The van der Waals surface area contributed by atoms with Crippen LogP contribution in [0.25, 0.3) is 22.3 Å². The van der Waals surface area contributed by atoms with E-state index in [1.807, 2.05) is 60.8 Å². The number of ether oxygens (including phenoxy) is 2. The zero-order valence-corrected chi connectivity index (χ0v) is 25.9. The van der Waals surface area contributed by atoms with Crippen molar-refractivity contribution >= 4 is 17.0 Å². The zero-order valence-electron chi connectivity index (χ0n) is 25.9. The summed E-state index contributed by atoms with van der Waals surface area (Å²) in [6.07, 6.45) is 5.56. The summed E-state index contributed by atoms with van der Waals surface area (Å²) in [5.41, 5.74) is 7.95. The summed E-state index contributed by atoms with van der Waals surface area (Å²) < 4.78 is 16.7. The van der Waals surface area contributed by atoms with E-state index in [-0.39, 0.29) is 5.56 Å². The van der Waals surface area contributed by atoms with E-state index < -0.39 is 5.97 Å². The minimum atomic E-state index is -0.986. The topological polar surface area (TPSA) is 128 Å². The van der Waals surface area contributed by atoms with Crippen LogP contribution in [0.15, 0.2) is 85.3 Å². The van der Waals surface area contributed by atoms with Gasteiger partial charge in [-0.1, -0.05) is 24.3 Å². The smallest absolute Gasteiger partial charge is 0.335 e. The monoisotopic (exact) mass is 624 g/mol. The molecular weight excluding hydrogens is 592 g/mol. The van der Waals surface area contributed by atoms with Gasteiger partial charge in [0.15, 0.2) is 0 Å². The number of carboxylic acids is 1. The maximum Gasteiger partial charge on any atom is 0.335 e. The van der Waals surface area contributed by atoms with E-state index in [0.717, 1.165) is 75.6 Å². The fourth-order valence-electron chi connectivity index (χ4n) is 6.03. The molecule has 7 rings (SSSR count). The van der Waals surface area contributed by atoms with Gasteiger partial charge in [-0.2, -0.15) is 5.26 Å². The first kappa shape index (κ1) is 29.7. The SMILES string of the molecule is CCn1cncc1Cn1c(Cc2ccc3cc2OCCCc2cc(C#N)ccc2COc2cccc-3n2)nc2ccc(C(=O)O)cc21. The van der Waals surface area contributed by atoms with Gasteiger partial charge in [-0.15, -0.1) is 0 Å². The van der Waals surface area contributed by atoms with E-state index in [4.69, 9.17) is 19.4 Å². The molecule has 47 heavy (non-hydrogen) atoms. The maximum atomic E-state index is 11.9. The summed E-state index contributed by atoms with van der Waals surface area (Å²) in [4.78, 5) is 26.0. The highest BCUT2D eigenvalue weighted by Crippen LogP contribution is 2.31. The molecule has 10 nitrogen and oxygen atoms in total. The Morgan fingerprint density at radius 1 is 1.02 bits per heavy atom. The number of nitrogens with zero attached hydrogens (tertiary/aromatic N) is 6. The maximum absolute atomic E-state index is 11.9. The molecule has 4 heterocycles. The summed E-state index contributed by atoms with van der Waals surface area (Å²) in [6, 6.07) is 24.7. The van der Waals surface area contributed by atoms with Gasteiger partial charge in [-0.05, 0) is 73.4 Å². The van der Waals surface area contributed by atoms with Crippen molar-refractivity contribution < 1.29 is 19.4 Å². The molecule has 0 radical (unpaired) electrons. The number of carboxylic acid groups (broad SMARTS) is 1. The Balaban J connectivity index is 1.27. The molecule has 0 amide bonds. The van der Waals surface area contributed by atoms with Crippen LogP contribution in [-0.4, -0.2) is 41.8 Å². The Bertz CT molecular complexity index is 2160. The second-order valence-corrected chi connectivity index (χ2v) is 11.5. The lowest BCUT2D eigenvalue weighted by Gasteiger charge is -2.17. The molecule has 3 aromatic carbocycles. The summed E-state index contributed by atoms with van der Waals surface area (Å²) >= 11 is 0. The van der Waals surface area contributed by atoms with E-state index >= 15 is 0 Å². The number of benzene rings is 3. The van der Waals surface area contributed by atoms with Crippen molar-refractivity contribution in [2.24, 2.45) is 0 Å². The molecule has 234 valence electrons. The summed E-state index contributed by atoms with van der Waals surface area (Å²) in [5, 5.41) is 19.2. The van der Waals surface area contributed by atoms with Gasteiger partial charge in [-0.3, -0.25) is 0 Å². The van der Waals surface area contributed by atoms with E-state index in [0.29, 0.717) is 37.6 Å². The number of hydrogen-bond acceptors (Lipinski definition) is 7. The van der Waals surface area contributed by atoms with Crippen LogP contribution in [0, 0.1) is 11.3 Å². The van der Waals surface area contributed by atoms with Gasteiger partial charge in [0.2, 0.25) is 5.88 Å². The first-order chi connectivity index (χ1) is 23.0. The molecule has 0 fully saturated rings. The molecule has 4 bridgehead atoms. The third-order valence-electron chi connectivity index (χ3n) is 8.53. The number of aromatic carboxylic acids is 1. The molecule has 10 heteroatoms. The van der Waals surface area contributed by atoms with Crippen molar-refractivity contribution in [3.8, 4) is 29.0 Å². The lowest BCUT2D eigenvalue weighted by molar-refractivity contribution is 0.0697. The van der Waals surface area contributed by atoms with Crippen LogP contribution in [0.1, 0.15) is 57.5 Å². The van der Waals surface area contributed by atoms with Crippen LogP contribution in [-0.2, 0) is 32.5 Å². The van der Waals surface area contributed by atoms with Gasteiger partial charge in [0.25, 0.3) is 0 Å². The molecule has 1 aliphatic rings. The van der Waals surface area contributed by atoms with Gasteiger partial charge in [0.05, 0.1) is 59.1 Å². The highest BCUT2D eigenvalue weighted by molar-refractivity contribution is 5.92. The number of fused-ring (bicyclic) bond motifs is 7. The summed E-state index contributed by atoms with van der Waals surface area (Å²) in [6.45, 7) is 4.13. The molecule has 0 saturated carbocycles. The van der Waals surface area contributed by atoms with Crippen LogP contribution in [0.2, 0.25) is 0 Å². The standard InChI is InChI=1S/C37H32N6O4/c1-2-42-23-39-20-30(42)21-43-33-16-28(37(44)45)12-13-32(33)40-35(43)18-27-11-10-26-17-34(27)46-14-4-5-25-15-24(19-38)8-9-29(25)22-47-36-7-3-6-31(26)41-36/h3,6-13,15-17,20,23H,2,4-5,14,18,21-22H2,1H3,(H,44,45). The highest BCUT2D eigenvalue weighted by Gasteiger charge is 2.19. The van der Waals surface area contributed by atoms with Crippen LogP contribution < -0.4 is 9.47 Å². The average Bonchev–Trinajstić information content (AvgIpc) is 3.69. The predicted octanol–water partition coefficient (Wildman–Crippen LogP) is 6.43. The Labute approximate surface area is 271 Å². The van der Waals surface area contributed by atoms with Crippen molar-refractivity contribution in [1.29, 1.82) is 5.26 Å². The van der Waals surface area contributed by atoms with Crippen molar-refractivity contribution in [3.05, 3.63) is 125 Å². The number of aryl methyl sites for hydroxylation is 2. The normalized spacial score (nSPS) is 12.8. The molecule has 3 aromatic heterocycles. The van der Waals surface area contributed by atoms with Crippen LogP contribution in [0.5, 0.6) is 11.6 Å². The number of carbonyl (C=O) groups is 1. The number of rotatable bonds is 6. The van der Waals surface area contributed by atoms with Crippen LogP contribution in [0.4, 0.5) is 0 Å². The van der Waals surface area contributed by atoms with Crippen molar-refractivity contribution in [1.82, 2.24) is 24.1 Å². The van der Waals surface area contributed by atoms with E-state index in [1.54, 1.807) is 24.5 Å². The van der Waals surface area contributed by atoms with E-state index in [1.165, 1.54) is 0 Å². The highest BCUT2D eigenvalue weighted by atomic mass is 16.5. The van der Waals surface area contributed by atoms with Crippen LogP contribution >= 0.6 is 0 Å². The van der Waals surface area contributed by atoms with Gasteiger partial charge in [-0.25, -0.2) is 19.7 Å². The fraction of sp³-hybridized carbons (Fsp3) is 0.216. The van der Waals surface area contributed by atoms with Crippen LogP contribution in [0.3, 0.4) is 0 Å². The lowest BCUT2D eigenvalue weighted by atomic mass is 10.0. The van der Waals surface area contributed by atoms with Gasteiger partial charge < -0.3 is 23.7 Å². The van der Waals surface area contributed by atoms with Crippen molar-refractivity contribution in [3.63, 3.8) is 0 Å². The number of pyridine rings is 1. The number of imidazole rings is 2. The second-order valence-electron chi connectivity index (χ2n) is 11.5. The first-order valence-corrected chi connectivity index (χ1v) is 15.6. The largest absolute Gasteiger partial charge is 0.493 e. The second kappa shape index (κ2) is 12.8. The summed E-state index contributed by atoms with van der Waals surface area (Å²) in [7, 11) is 0. The molecule has 0 aliphatic carbocycles. The average molecular weight is 625 g/mol. The predicted molar refractivity (Wildman–Crippen MR) is 175 cm³/mol. The quantitative estimate of drug-likeness (QED) is 0.225. The minimum Gasteiger partial charge on any atom is -0.493 e. The molecule has 0 unspecified atom stereocenters.